The smallest absolute Gasteiger partial charge is 0.327 e. The van der Waals surface area contributed by atoms with E-state index in [1.54, 1.807) is 6.07 Å². The van der Waals surface area contributed by atoms with Crippen LogP contribution < -0.4 is 5.32 Å². The minimum absolute atomic E-state index is 0.148. The molecule has 5 heteroatoms. The Bertz CT molecular complexity index is 456. The molecule has 0 aromatic heterocycles. The van der Waals surface area contributed by atoms with Crippen molar-refractivity contribution in [1.82, 2.24) is 5.32 Å². The first kappa shape index (κ1) is 13.7. The molecule has 0 fully saturated rings. The molecular weight excluding hydrogens is 289 g/mol. The topological polar surface area (TPSA) is 38.3 Å². The summed E-state index contributed by atoms with van der Waals surface area (Å²) in [5.41, 5.74) is 0.204. The Morgan fingerprint density at radius 3 is 2.94 bits per heavy atom. The molecule has 1 N–H and O–H groups in total. The number of rotatable bonds is 4. The number of hydrogen-bond donors (Lipinski definition) is 1. The lowest BCUT2D eigenvalue weighted by molar-refractivity contribution is -0.143. The maximum Gasteiger partial charge on any atom is 0.327 e. The molecule has 0 aliphatic heterocycles. The second kappa shape index (κ2) is 6.38. The van der Waals surface area contributed by atoms with E-state index in [-0.39, 0.29) is 12.1 Å². The summed E-state index contributed by atoms with van der Waals surface area (Å²) in [5, 5.41) is 2.73. The van der Waals surface area contributed by atoms with Crippen LogP contribution in [-0.4, -0.2) is 19.6 Å². The molecule has 17 heavy (non-hydrogen) atoms. The van der Waals surface area contributed by atoms with Crippen LogP contribution in [-0.2, 0) is 9.53 Å². The summed E-state index contributed by atoms with van der Waals surface area (Å²) in [6, 6.07) is 3.53. The normalized spacial score (nSPS) is 11.6. The van der Waals surface area contributed by atoms with E-state index < -0.39 is 17.8 Å². The van der Waals surface area contributed by atoms with Crippen LogP contribution in [0.4, 0.5) is 4.39 Å². The molecule has 1 aromatic rings. The van der Waals surface area contributed by atoms with Crippen LogP contribution in [0.25, 0.3) is 0 Å². The fourth-order valence-corrected chi connectivity index (χ4v) is 1.67. The Morgan fingerprint density at radius 2 is 2.41 bits per heavy atom. The van der Waals surface area contributed by atoms with Gasteiger partial charge < -0.3 is 4.74 Å². The van der Waals surface area contributed by atoms with Crippen LogP contribution in [0, 0.1) is 18.2 Å². The molecule has 0 aliphatic carbocycles. The van der Waals surface area contributed by atoms with Crippen molar-refractivity contribution < 1.29 is 13.9 Å². The van der Waals surface area contributed by atoms with Gasteiger partial charge >= 0.3 is 5.97 Å². The molecular formula is C12H11BrFNO2. The molecule has 0 saturated heterocycles. The number of carbonyl (C=O) groups excluding carboxylic acids is 1. The second-order valence-corrected chi connectivity index (χ2v) is 4.12. The van der Waals surface area contributed by atoms with E-state index in [4.69, 9.17) is 6.42 Å². The summed E-state index contributed by atoms with van der Waals surface area (Å²) in [5.74, 6) is 1.24. The molecule has 0 heterocycles. The summed E-state index contributed by atoms with van der Waals surface area (Å²) >= 11 is 3.14. The Morgan fingerprint density at radius 1 is 1.71 bits per heavy atom. The van der Waals surface area contributed by atoms with Crippen LogP contribution in [0.3, 0.4) is 0 Å². The van der Waals surface area contributed by atoms with E-state index in [1.165, 1.54) is 19.2 Å². The first-order chi connectivity index (χ1) is 8.10. The van der Waals surface area contributed by atoms with E-state index >= 15 is 0 Å². The molecule has 3 nitrogen and oxygen atoms in total. The molecule has 0 saturated carbocycles. The molecule has 0 radical (unpaired) electrons. The summed E-state index contributed by atoms with van der Waals surface area (Å²) in [6.45, 7) is 0.148. The number of esters is 1. The van der Waals surface area contributed by atoms with Gasteiger partial charge in [0, 0.05) is 10.0 Å². The second-order valence-electron chi connectivity index (χ2n) is 3.21. The zero-order chi connectivity index (χ0) is 12.8. The zero-order valence-corrected chi connectivity index (χ0v) is 10.8. The molecule has 0 amide bonds. The van der Waals surface area contributed by atoms with Crippen molar-refractivity contribution in [2.45, 2.75) is 6.04 Å². The Labute approximate surface area is 107 Å². The summed E-state index contributed by atoms with van der Waals surface area (Å²) in [6.07, 6.45) is 5.09. The monoisotopic (exact) mass is 299 g/mol. The molecule has 1 unspecified atom stereocenters. The Hall–Kier alpha value is -1.38. The van der Waals surface area contributed by atoms with Crippen molar-refractivity contribution >= 4 is 21.9 Å². The SMILES string of the molecule is C#CCNC(C(=O)OC)c1ccc(Br)cc1F. The van der Waals surface area contributed by atoms with Crippen molar-refractivity contribution in [2.75, 3.05) is 13.7 Å². The molecule has 0 spiro atoms. The van der Waals surface area contributed by atoms with Crippen LogP contribution >= 0.6 is 15.9 Å². The predicted molar refractivity (Wildman–Crippen MR) is 65.7 cm³/mol. The van der Waals surface area contributed by atoms with Crippen molar-refractivity contribution in [3.8, 4) is 12.3 Å². The van der Waals surface area contributed by atoms with Gasteiger partial charge in [0.1, 0.15) is 11.9 Å². The number of ether oxygens (including phenoxy) is 1. The number of nitrogens with one attached hydrogen (secondary N) is 1. The number of terminal acetylenes is 1. The Balaban J connectivity index is 3.04. The third kappa shape index (κ3) is 3.55. The lowest BCUT2D eigenvalue weighted by Gasteiger charge is -2.16. The van der Waals surface area contributed by atoms with E-state index in [0.29, 0.717) is 4.47 Å². The third-order valence-electron chi connectivity index (χ3n) is 2.12. The van der Waals surface area contributed by atoms with Crippen molar-refractivity contribution in [1.29, 1.82) is 0 Å². The van der Waals surface area contributed by atoms with Gasteiger partial charge in [0.05, 0.1) is 13.7 Å². The van der Waals surface area contributed by atoms with Gasteiger partial charge in [0.25, 0.3) is 0 Å². The number of hydrogen-bond acceptors (Lipinski definition) is 3. The van der Waals surface area contributed by atoms with Crippen molar-refractivity contribution in [3.63, 3.8) is 0 Å². The molecule has 1 rings (SSSR count). The fraction of sp³-hybridized carbons (Fsp3) is 0.250. The molecule has 1 atom stereocenters. The highest BCUT2D eigenvalue weighted by atomic mass is 79.9. The van der Waals surface area contributed by atoms with Gasteiger partial charge in [-0.2, -0.15) is 0 Å². The van der Waals surface area contributed by atoms with Crippen LogP contribution in [0.15, 0.2) is 22.7 Å². The highest BCUT2D eigenvalue weighted by molar-refractivity contribution is 9.10. The molecule has 0 aliphatic rings. The molecule has 1 aromatic carbocycles. The first-order valence-corrected chi connectivity index (χ1v) is 5.59. The summed E-state index contributed by atoms with van der Waals surface area (Å²) in [7, 11) is 1.24. The van der Waals surface area contributed by atoms with Crippen LogP contribution in [0.1, 0.15) is 11.6 Å². The zero-order valence-electron chi connectivity index (χ0n) is 9.17. The van der Waals surface area contributed by atoms with E-state index in [2.05, 4.69) is 31.9 Å². The number of carbonyl (C=O) groups is 1. The molecule has 90 valence electrons. The highest BCUT2D eigenvalue weighted by Gasteiger charge is 2.23. The number of halogens is 2. The standard InChI is InChI=1S/C12H11BrFNO2/c1-3-6-15-11(12(16)17-2)9-5-4-8(13)7-10(9)14/h1,4-5,7,11,15H,6H2,2H3. The van der Waals surface area contributed by atoms with Gasteiger partial charge in [-0.3, -0.25) is 5.32 Å². The van der Waals surface area contributed by atoms with Gasteiger partial charge in [0.2, 0.25) is 0 Å². The van der Waals surface area contributed by atoms with Gasteiger partial charge in [-0.15, -0.1) is 6.42 Å². The minimum atomic E-state index is -0.899. The number of methoxy groups -OCH3 is 1. The lowest BCUT2D eigenvalue weighted by atomic mass is 10.1. The number of benzene rings is 1. The predicted octanol–water partition coefficient (Wildman–Crippen LogP) is 2.03. The van der Waals surface area contributed by atoms with Gasteiger partial charge in [-0.1, -0.05) is 27.9 Å². The van der Waals surface area contributed by atoms with Crippen LogP contribution in [0.5, 0.6) is 0 Å². The maximum atomic E-state index is 13.7. The average molecular weight is 300 g/mol. The quantitative estimate of drug-likeness (QED) is 0.683. The van der Waals surface area contributed by atoms with Crippen molar-refractivity contribution in [3.05, 3.63) is 34.1 Å². The highest BCUT2D eigenvalue weighted by Crippen LogP contribution is 2.22. The average Bonchev–Trinajstić information content (AvgIpc) is 2.31. The third-order valence-corrected chi connectivity index (χ3v) is 2.61. The van der Waals surface area contributed by atoms with Crippen molar-refractivity contribution in [2.24, 2.45) is 0 Å². The van der Waals surface area contributed by atoms with Gasteiger partial charge in [-0.25, -0.2) is 9.18 Å². The van der Waals surface area contributed by atoms with Gasteiger partial charge in [0.15, 0.2) is 0 Å². The van der Waals surface area contributed by atoms with Crippen LogP contribution in [0.2, 0.25) is 0 Å². The minimum Gasteiger partial charge on any atom is -0.468 e. The summed E-state index contributed by atoms with van der Waals surface area (Å²) in [4.78, 5) is 11.5. The van der Waals surface area contributed by atoms with E-state index in [9.17, 15) is 9.18 Å². The fourth-order valence-electron chi connectivity index (χ4n) is 1.33. The molecule has 0 bridgehead atoms. The first-order valence-electron chi connectivity index (χ1n) is 4.79. The van der Waals surface area contributed by atoms with E-state index in [0.717, 1.165) is 0 Å². The lowest BCUT2D eigenvalue weighted by Crippen LogP contribution is -2.30. The Kier molecular flexibility index (Phi) is 5.13. The summed E-state index contributed by atoms with van der Waals surface area (Å²) < 4.78 is 18.9. The van der Waals surface area contributed by atoms with Gasteiger partial charge in [-0.05, 0) is 12.1 Å². The largest absolute Gasteiger partial charge is 0.468 e. The van der Waals surface area contributed by atoms with E-state index in [1.807, 2.05) is 0 Å². The maximum absolute atomic E-state index is 13.7.